The summed E-state index contributed by atoms with van der Waals surface area (Å²) in [7, 11) is 0. The third-order valence-corrected chi connectivity index (χ3v) is 2.34. The fourth-order valence-electron chi connectivity index (χ4n) is 1.48. The number of aromatic nitrogens is 3. The van der Waals surface area contributed by atoms with E-state index in [1.807, 2.05) is 6.33 Å². The van der Waals surface area contributed by atoms with E-state index in [1.165, 1.54) is 0 Å². The third kappa shape index (κ3) is 1.65. The lowest BCUT2D eigenvalue weighted by molar-refractivity contribution is 0.557. The van der Waals surface area contributed by atoms with Gasteiger partial charge in [-0.2, -0.15) is 0 Å². The first-order valence-corrected chi connectivity index (χ1v) is 4.71. The van der Waals surface area contributed by atoms with Gasteiger partial charge in [0.15, 0.2) is 0 Å². The van der Waals surface area contributed by atoms with Crippen molar-refractivity contribution >= 4 is 0 Å². The second-order valence-electron chi connectivity index (χ2n) is 2.99. The monoisotopic (exact) mass is 167 g/mol. The second kappa shape index (κ2) is 4.24. The Balaban J connectivity index is 2.83. The molecule has 1 aromatic rings. The minimum Gasteiger partial charge on any atom is -0.318 e. The van der Waals surface area contributed by atoms with Gasteiger partial charge >= 0.3 is 0 Å². The first-order valence-electron chi connectivity index (χ1n) is 4.71. The van der Waals surface area contributed by atoms with E-state index in [9.17, 15) is 0 Å². The van der Waals surface area contributed by atoms with Gasteiger partial charge in [0.05, 0.1) is 0 Å². The summed E-state index contributed by atoms with van der Waals surface area (Å²) >= 11 is 0. The third-order valence-electron chi connectivity index (χ3n) is 2.34. The van der Waals surface area contributed by atoms with Gasteiger partial charge in [-0.25, -0.2) is 0 Å². The van der Waals surface area contributed by atoms with Crippen LogP contribution in [0.4, 0.5) is 0 Å². The van der Waals surface area contributed by atoms with Gasteiger partial charge in [-0.3, -0.25) is 0 Å². The molecule has 1 heterocycles. The Bertz CT molecular complexity index is 225. The molecule has 0 N–H and O–H groups in total. The number of hydrogen-bond acceptors (Lipinski definition) is 2. The zero-order chi connectivity index (χ0) is 8.97. The van der Waals surface area contributed by atoms with Crippen LogP contribution in [0, 0.1) is 0 Å². The molecule has 0 aromatic carbocycles. The first-order chi connectivity index (χ1) is 5.83. The van der Waals surface area contributed by atoms with Crippen molar-refractivity contribution < 1.29 is 0 Å². The van der Waals surface area contributed by atoms with Gasteiger partial charge in [-0.1, -0.05) is 13.8 Å². The van der Waals surface area contributed by atoms with E-state index in [2.05, 4.69) is 35.5 Å². The summed E-state index contributed by atoms with van der Waals surface area (Å²) in [5, 5.41) is 8.06. The highest BCUT2D eigenvalue weighted by Crippen LogP contribution is 2.19. The molecule has 0 radical (unpaired) electrons. The smallest absolute Gasteiger partial charge is 0.135 e. The number of hydrogen-bond donors (Lipinski definition) is 0. The van der Waals surface area contributed by atoms with E-state index in [-0.39, 0.29) is 0 Å². The van der Waals surface area contributed by atoms with E-state index in [4.69, 9.17) is 0 Å². The predicted octanol–water partition coefficient (Wildman–Crippen LogP) is 2.20. The van der Waals surface area contributed by atoms with Gasteiger partial charge in [-0.05, 0) is 19.8 Å². The van der Waals surface area contributed by atoms with Crippen molar-refractivity contribution in [3.63, 3.8) is 0 Å². The molecule has 0 saturated heterocycles. The summed E-state index contributed by atoms with van der Waals surface area (Å²) in [5.74, 6) is 1.72. The van der Waals surface area contributed by atoms with E-state index in [0.29, 0.717) is 5.92 Å². The molecule has 0 saturated carbocycles. The van der Waals surface area contributed by atoms with E-state index < -0.39 is 0 Å². The molecule has 68 valence electrons. The molecule has 12 heavy (non-hydrogen) atoms. The first kappa shape index (κ1) is 9.23. The van der Waals surface area contributed by atoms with Crippen molar-refractivity contribution in [3.05, 3.63) is 12.2 Å². The van der Waals surface area contributed by atoms with Gasteiger partial charge in [-0.15, -0.1) is 10.2 Å². The summed E-state index contributed by atoms with van der Waals surface area (Å²) in [4.78, 5) is 0. The average Bonchev–Trinajstić information content (AvgIpc) is 2.55. The lowest BCUT2D eigenvalue weighted by Gasteiger charge is -2.11. The maximum absolute atomic E-state index is 4.14. The zero-order valence-corrected chi connectivity index (χ0v) is 8.12. The fourth-order valence-corrected chi connectivity index (χ4v) is 1.48. The van der Waals surface area contributed by atoms with Gasteiger partial charge in [0.25, 0.3) is 0 Å². The topological polar surface area (TPSA) is 30.7 Å². The van der Waals surface area contributed by atoms with Crippen LogP contribution in [0.25, 0.3) is 0 Å². The lowest BCUT2D eigenvalue weighted by atomic mass is 10.0. The summed E-state index contributed by atoms with van der Waals surface area (Å²) in [5.41, 5.74) is 0. The van der Waals surface area contributed by atoms with Gasteiger partial charge in [0, 0.05) is 12.5 Å². The van der Waals surface area contributed by atoms with Crippen LogP contribution in [0.1, 0.15) is 45.4 Å². The summed E-state index contributed by atoms with van der Waals surface area (Å²) in [6.45, 7) is 7.49. The van der Waals surface area contributed by atoms with Gasteiger partial charge in [0.1, 0.15) is 12.2 Å². The minimum atomic E-state index is 0.576. The standard InChI is InChI=1S/C9H17N3/c1-4-8(5-2)9-11-10-7-12(9)6-3/h7-8H,4-6H2,1-3H3. The van der Waals surface area contributed by atoms with Crippen LogP contribution in [0.2, 0.25) is 0 Å². The van der Waals surface area contributed by atoms with E-state index in [1.54, 1.807) is 0 Å². The molecule has 0 aliphatic carbocycles. The van der Waals surface area contributed by atoms with Gasteiger partial charge < -0.3 is 4.57 Å². The molecular formula is C9H17N3. The largest absolute Gasteiger partial charge is 0.318 e. The molecule has 0 aliphatic heterocycles. The molecule has 0 atom stereocenters. The summed E-state index contributed by atoms with van der Waals surface area (Å²) in [6.07, 6.45) is 4.11. The van der Waals surface area contributed by atoms with Crippen molar-refractivity contribution in [1.82, 2.24) is 14.8 Å². The van der Waals surface area contributed by atoms with Crippen molar-refractivity contribution in [2.45, 2.75) is 46.1 Å². The minimum absolute atomic E-state index is 0.576. The molecular weight excluding hydrogens is 150 g/mol. The maximum atomic E-state index is 4.14. The Kier molecular flexibility index (Phi) is 3.26. The van der Waals surface area contributed by atoms with Crippen LogP contribution in [0.3, 0.4) is 0 Å². The highest BCUT2D eigenvalue weighted by molar-refractivity contribution is 4.95. The van der Waals surface area contributed by atoms with E-state index in [0.717, 1.165) is 25.2 Å². The SMILES string of the molecule is CCC(CC)c1nncn1CC. The molecule has 0 fully saturated rings. The van der Waals surface area contributed by atoms with Crippen molar-refractivity contribution in [1.29, 1.82) is 0 Å². The zero-order valence-electron chi connectivity index (χ0n) is 8.12. The summed E-state index contributed by atoms with van der Waals surface area (Å²) < 4.78 is 2.12. The Morgan fingerprint density at radius 1 is 1.33 bits per heavy atom. The molecule has 0 spiro atoms. The van der Waals surface area contributed by atoms with Crippen LogP contribution in [0.5, 0.6) is 0 Å². The molecule has 1 aromatic heterocycles. The Morgan fingerprint density at radius 3 is 2.50 bits per heavy atom. The van der Waals surface area contributed by atoms with Crippen LogP contribution in [0.15, 0.2) is 6.33 Å². The van der Waals surface area contributed by atoms with Crippen molar-refractivity contribution in [2.24, 2.45) is 0 Å². The molecule has 0 bridgehead atoms. The predicted molar refractivity (Wildman–Crippen MR) is 49.0 cm³/mol. The molecule has 0 amide bonds. The second-order valence-corrected chi connectivity index (χ2v) is 2.99. The quantitative estimate of drug-likeness (QED) is 0.688. The maximum Gasteiger partial charge on any atom is 0.135 e. The molecule has 1 rings (SSSR count). The Labute approximate surface area is 73.8 Å². The Morgan fingerprint density at radius 2 is 2.00 bits per heavy atom. The Hall–Kier alpha value is -0.860. The number of aryl methyl sites for hydroxylation is 1. The van der Waals surface area contributed by atoms with Crippen molar-refractivity contribution in [2.75, 3.05) is 0 Å². The van der Waals surface area contributed by atoms with Gasteiger partial charge in [0.2, 0.25) is 0 Å². The molecule has 0 unspecified atom stereocenters. The summed E-state index contributed by atoms with van der Waals surface area (Å²) in [6, 6.07) is 0. The highest BCUT2D eigenvalue weighted by atomic mass is 15.3. The van der Waals surface area contributed by atoms with Crippen LogP contribution >= 0.6 is 0 Å². The fraction of sp³-hybridized carbons (Fsp3) is 0.778. The number of nitrogens with zero attached hydrogens (tertiary/aromatic N) is 3. The molecule has 0 aliphatic rings. The molecule has 3 heteroatoms. The van der Waals surface area contributed by atoms with Crippen LogP contribution in [-0.2, 0) is 6.54 Å². The van der Waals surface area contributed by atoms with Crippen molar-refractivity contribution in [3.8, 4) is 0 Å². The highest BCUT2D eigenvalue weighted by Gasteiger charge is 2.12. The average molecular weight is 167 g/mol. The normalized spacial score (nSPS) is 11.0. The van der Waals surface area contributed by atoms with Crippen LogP contribution < -0.4 is 0 Å². The molecule has 3 nitrogen and oxygen atoms in total. The van der Waals surface area contributed by atoms with Crippen LogP contribution in [-0.4, -0.2) is 14.8 Å². The number of rotatable bonds is 4. The van der Waals surface area contributed by atoms with E-state index >= 15 is 0 Å². The lowest BCUT2D eigenvalue weighted by Crippen LogP contribution is -2.06.